The normalized spacial score (nSPS) is 10.9. The topological polar surface area (TPSA) is 64.0 Å². The van der Waals surface area contributed by atoms with Crippen molar-refractivity contribution < 1.29 is 9.18 Å². The van der Waals surface area contributed by atoms with Crippen LogP contribution in [-0.4, -0.2) is 21.2 Å². The van der Waals surface area contributed by atoms with Gasteiger partial charge in [-0.15, -0.1) is 17.9 Å². The molecule has 27 heavy (non-hydrogen) atoms. The first-order valence-electron chi connectivity index (χ1n) is 8.34. The fourth-order valence-electron chi connectivity index (χ4n) is 2.52. The fraction of sp³-hybridized carbons (Fsp3) is 0.211. The molecule has 0 spiro atoms. The summed E-state index contributed by atoms with van der Waals surface area (Å²) in [4.78, 5) is 31.3. The van der Waals surface area contributed by atoms with Gasteiger partial charge in [-0.3, -0.25) is 14.2 Å². The molecule has 5 nitrogen and oxygen atoms in total. The highest BCUT2D eigenvalue weighted by Gasteiger charge is 2.15. The molecule has 0 bridgehead atoms. The molecule has 0 aliphatic heterocycles. The Labute approximate surface area is 163 Å². The van der Waals surface area contributed by atoms with Gasteiger partial charge in [-0.2, -0.15) is 0 Å². The van der Waals surface area contributed by atoms with Crippen molar-refractivity contribution in [2.45, 2.75) is 25.0 Å². The second-order valence-corrected chi connectivity index (χ2v) is 7.79. The summed E-state index contributed by atoms with van der Waals surface area (Å²) >= 11 is 2.65. The summed E-state index contributed by atoms with van der Waals surface area (Å²) in [5, 5.41) is 3.69. The molecule has 0 fully saturated rings. The van der Waals surface area contributed by atoms with Crippen LogP contribution in [0.2, 0.25) is 0 Å². The van der Waals surface area contributed by atoms with Gasteiger partial charge in [0.2, 0.25) is 5.91 Å². The number of halogens is 1. The molecule has 3 aromatic rings. The monoisotopic (exact) mass is 403 g/mol. The highest BCUT2D eigenvalue weighted by Crippen LogP contribution is 2.25. The number of allylic oxidation sites excluding steroid dienone is 1. The van der Waals surface area contributed by atoms with Crippen molar-refractivity contribution in [1.82, 2.24) is 9.55 Å². The molecule has 0 saturated carbocycles. The lowest BCUT2D eigenvalue weighted by Crippen LogP contribution is -2.23. The first kappa shape index (κ1) is 19.3. The number of anilines is 1. The smallest absolute Gasteiger partial charge is 0.263 e. The molecule has 0 aliphatic rings. The molecular formula is C19H18FN3O2S2. The first-order chi connectivity index (χ1) is 13.0. The van der Waals surface area contributed by atoms with Crippen LogP contribution in [0.5, 0.6) is 0 Å². The van der Waals surface area contributed by atoms with Gasteiger partial charge in [0.1, 0.15) is 10.6 Å². The van der Waals surface area contributed by atoms with Crippen molar-refractivity contribution >= 4 is 44.9 Å². The molecule has 3 rings (SSSR count). The second kappa shape index (κ2) is 8.49. The Bertz CT molecular complexity index is 1060. The van der Waals surface area contributed by atoms with E-state index in [2.05, 4.69) is 16.9 Å². The molecule has 8 heteroatoms. The average molecular weight is 404 g/mol. The number of benzene rings is 1. The van der Waals surface area contributed by atoms with E-state index in [9.17, 15) is 14.0 Å². The molecule has 1 N–H and O–H groups in total. The summed E-state index contributed by atoms with van der Waals surface area (Å²) < 4.78 is 14.7. The Morgan fingerprint density at radius 1 is 1.44 bits per heavy atom. The summed E-state index contributed by atoms with van der Waals surface area (Å²) in [6.07, 6.45) is 2.46. The number of nitrogens with one attached hydrogen (secondary N) is 1. The second-order valence-electron chi connectivity index (χ2n) is 5.73. The zero-order valence-electron chi connectivity index (χ0n) is 14.7. The van der Waals surface area contributed by atoms with Crippen LogP contribution in [0.25, 0.3) is 10.2 Å². The van der Waals surface area contributed by atoms with E-state index in [0.717, 1.165) is 11.3 Å². The third-order valence-corrected chi connectivity index (χ3v) is 5.92. The third kappa shape index (κ3) is 4.45. The van der Waals surface area contributed by atoms with E-state index in [1.165, 1.54) is 45.9 Å². The molecule has 0 saturated heterocycles. The maximum atomic E-state index is 13.2. The number of thiophene rings is 1. The van der Waals surface area contributed by atoms with Crippen molar-refractivity contribution in [3.8, 4) is 0 Å². The zero-order valence-corrected chi connectivity index (χ0v) is 16.3. The van der Waals surface area contributed by atoms with Crippen molar-refractivity contribution in [2.24, 2.45) is 0 Å². The minimum atomic E-state index is -0.420. The van der Waals surface area contributed by atoms with E-state index in [-0.39, 0.29) is 17.2 Å². The quantitative estimate of drug-likeness (QED) is 0.367. The summed E-state index contributed by atoms with van der Waals surface area (Å²) in [6, 6.07) is 7.57. The number of fused-ring (bicyclic) bond motifs is 1. The Morgan fingerprint density at radius 3 is 2.96 bits per heavy atom. The van der Waals surface area contributed by atoms with E-state index >= 15 is 0 Å². The predicted octanol–water partition coefficient (Wildman–Crippen LogP) is 4.08. The van der Waals surface area contributed by atoms with Crippen molar-refractivity contribution in [3.05, 3.63) is 64.0 Å². The maximum Gasteiger partial charge on any atom is 0.263 e. The number of thioether (sulfide) groups is 1. The minimum Gasteiger partial charge on any atom is -0.325 e. The van der Waals surface area contributed by atoms with Crippen LogP contribution in [0.15, 0.2) is 52.9 Å². The van der Waals surface area contributed by atoms with Crippen LogP contribution in [0.1, 0.15) is 11.8 Å². The van der Waals surface area contributed by atoms with Crippen LogP contribution >= 0.6 is 23.1 Å². The van der Waals surface area contributed by atoms with Gasteiger partial charge in [-0.1, -0.05) is 30.8 Å². The molecule has 2 aromatic heterocycles. The lowest BCUT2D eigenvalue weighted by molar-refractivity contribution is -0.113. The Kier molecular flexibility index (Phi) is 6.08. The summed E-state index contributed by atoms with van der Waals surface area (Å²) in [5.41, 5.74) is 0.252. The third-order valence-electron chi connectivity index (χ3n) is 3.77. The lowest BCUT2D eigenvalue weighted by atomic mass is 10.3. The number of rotatable bonds is 7. The minimum absolute atomic E-state index is 0.0532. The predicted molar refractivity (Wildman–Crippen MR) is 109 cm³/mol. The van der Waals surface area contributed by atoms with Gasteiger partial charge >= 0.3 is 0 Å². The molecule has 1 aromatic carbocycles. The summed E-state index contributed by atoms with van der Waals surface area (Å²) in [6.45, 7) is 6.03. The summed E-state index contributed by atoms with van der Waals surface area (Å²) in [7, 11) is 0. The highest BCUT2D eigenvalue weighted by atomic mass is 32.2. The van der Waals surface area contributed by atoms with E-state index in [1.807, 2.05) is 13.0 Å². The highest BCUT2D eigenvalue weighted by molar-refractivity contribution is 7.99. The van der Waals surface area contributed by atoms with E-state index in [0.29, 0.717) is 27.6 Å². The number of carbonyl (C=O) groups excluding carboxylic acids is 1. The molecule has 0 radical (unpaired) electrons. The Balaban J connectivity index is 1.82. The molecular weight excluding hydrogens is 385 g/mol. The SMILES string of the molecule is C=CCn1c(SCC(=O)Nc2cccc(F)c2)nc2sc(CC)cc2c1=O. The van der Waals surface area contributed by atoms with Crippen molar-refractivity contribution in [3.63, 3.8) is 0 Å². The maximum absolute atomic E-state index is 13.2. The number of aromatic nitrogens is 2. The van der Waals surface area contributed by atoms with Crippen LogP contribution in [0, 0.1) is 5.82 Å². The standard InChI is InChI=1S/C19H18FN3O2S2/c1-3-8-23-18(25)15-10-14(4-2)27-17(15)22-19(23)26-11-16(24)21-13-7-5-6-12(20)9-13/h3,5-7,9-10H,1,4,8,11H2,2H3,(H,21,24). The van der Waals surface area contributed by atoms with Crippen LogP contribution in [-0.2, 0) is 17.8 Å². The van der Waals surface area contributed by atoms with E-state index in [4.69, 9.17) is 0 Å². The number of carbonyl (C=O) groups is 1. The van der Waals surface area contributed by atoms with Crippen molar-refractivity contribution in [2.75, 3.05) is 11.1 Å². The average Bonchev–Trinajstić information content (AvgIpc) is 3.06. The lowest BCUT2D eigenvalue weighted by Gasteiger charge is -2.10. The molecule has 0 unspecified atom stereocenters. The largest absolute Gasteiger partial charge is 0.325 e. The fourth-order valence-corrected chi connectivity index (χ4v) is 4.33. The van der Waals surface area contributed by atoms with Gasteiger partial charge in [0, 0.05) is 17.1 Å². The zero-order chi connectivity index (χ0) is 19.4. The van der Waals surface area contributed by atoms with Crippen LogP contribution in [0.3, 0.4) is 0 Å². The number of nitrogens with zero attached hydrogens (tertiary/aromatic N) is 2. The van der Waals surface area contributed by atoms with Gasteiger partial charge in [0.15, 0.2) is 5.16 Å². The van der Waals surface area contributed by atoms with Crippen LogP contribution < -0.4 is 10.9 Å². The van der Waals surface area contributed by atoms with Crippen LogP contribution in [0.4, 0.5) is 10.1 Å². The number of amides is 1. The number of aryl methyl sites for hydroxylation is 1. The van der Waals surface area contributed by atoms with Gasteiger partial charge in [-0.05, 0) is 30.7 Å². The van der Waals surface area contributed by atoms with Gasteiger partial charge in [-0.25, -0.2) is 9.37 Å². The molecule has 0 aliphatic carbocycles. The van der Waals surface area contributed by atoms with Gasteiger partial charge < -0.3 is 5.32 Å². The van der Waals surface area contributed by atoms with Gasteiger partial charge in [0.25, 0.3) is 5.56 Å². The molecule has 2 heterocycles. The molecule has 1 amide bonds. The van der Waals surface area contributed by atoms with E-state index < -0.39 is 5.82 Å². The number of hydrogen-bond acceptors (Lipinski definition) is 5. The summed E-state index contributed by atoms with van der Waals surface area (Å²) in [5.74, 6) is -0.667. The molecule has 140 valence electrons. The van der Waals surface area contributed by atoms with E-state index in [1.54, 1.807) is 12.1 Å². The molecule has 0 atom stereocenters. The van der Waals surface area contributed by atoms with Gasteiger partial charge in [0.05, 0.1) is 11.1 Å². The first-order valence-corrected chi connectivity index (χ1v) is 10.1. The Morgan fingerprint density at radius 2 is 2.26 bits per heavy atom. The Hall–Kier alpha value is -2.45. The van der Waals surface area contributed by atoms with Crippen molar-refractivity contribution in [1.29, 1.82) is 0 Å². The number of hydrogen-bond donors (Lipinski definition) is 1.